The highest BCUT2D eigenvalue weighted by atomic mass is 35.5. The maximum Gasteiger partial charge on any atom is 0.290 e. The van der Waals surface area contributed by atoms with Gasteiger partial charge in [0.15, 0.2) is 4.90 Å². The lowest BCUT2D eigenvalue weighted by atomic mass is 10.0. The van der Waals surface area contributed by atoms with Crippen LogP contribution in [-0.4, -0.2) is 41.9 Å². The minimum Gasteiger partial charge on any atom is -0.395 e. The second-order valence-electron chi connectivity index (χ2n) is 5.00. The molecule has 0 amide bonds. The zero-order chi connectivity index (χ0) is 15.8. The Kier molecular flexibility index (Phi) is 4.52. The van der Waals surface area contributed by atoms with E-state index in [1.165, 1.54) is 6.07 Å². The monoisotopic (exact) mass is 334 g/mol. The second kappa shape index (κ2) is 5.88. The highest BCUT2D eigenvalue weighted by molar-refractivity contribution is 7.89. The van der Waals surface area contributed by atoms with Gasteiger partial charge in [0.25, 0.3) is 5.69 Å². The minimum absolute atomic E-state index is 0.00358. The van der Waals surface area contributed by atoms with Crippen molar-refractivity contribution in [2.75, 3.05) is 13.2 Å². The summed E-state index contributed by atoms with van der Waals surface area (Å²) in [5.74, 6) is -0.00358. The molecule has 1 aromatic carbocycles. The third-order valence-electron chi connectivity index (χ3n) is 3.72. The molecule has 1 aromatic rings. The van der Waals surface area contributed by atoms with Crippen LogP contribution in [0.15, 0.2) is 23.1 Å². The van der Waals surface area contributed by atoms with E-state index in [1.807, 2.05) is 6.92 Å². The molecule has 0 spiro atoms. The maximum absolute atomic E-state index is 12.7. The minimum atomic E-state index is -4.05. The van der Waals surface area contributed by atoms with Gasteiger partial charge in [0, 0.05) is 17.6 Å². The molecule has 21 heavy (non-hydrogen) atoms. The van der Waals surface area contributed by atoms with Gasteiger partial charge >= 0.3 is 0 Å². The van der Waals surface area contributed by atoms with Gasteiger partial charge in [0.2, 0.25) is 10.0 Å². The Labute approximate surface area is 127 Å². The number of nitro benzene ring substituents is 1. The number of hydrogen-bond donors (Lipinski definition) is 1. The fraction of sp³-hybridized carbons (Fsp3) is 0.500. The molecule has 1 N–H and O–H groups in total. The van der Waals surface area contributed by atoms with Crippen molar-refractivity contribution in [1.29, 1.82) is 0 Å². The van der Waals surface area contributed by atoms with Gasteiger partial charge in [-0.05, 0) is 24.5 Å². The molecule has 9 heteroatoms. The summed E-state index contributed by atoms with van der Waals surface area (Å²) in [6.45, 7) is 1.75. The zero-order valence-corrected chi connectivity index (χ0v) is 12.8. The molecule has 2 atom stereocenters. The Hall–Kier alpha value is -1.22. The zero-order valence-electron chi connectivity index (χ0n) is 11.3. The van der Waals surface area contributed by atoms with Crippen LogP contribution in [0.1, 0.15) is 13.3 Å². The van der Waals surface area contributed by atoms with Gasteiger partial charge < -0.3 is 5.11 Å². The maximum atomic E-state index is 12.7. The van der Waals surface area contributed by atoms with Gasteiger partial charge in [0.05, 0.1) is 17.6 Å². The molecule has 2 rings (SSSR count). The number of benzene rings is 1. The largest absolute Gasteiger partial charge is 0.395 e. The Morgan fingerprint density at radius 1 is 1.52 bits per heavy atom. The Balaban J connectivity index is 2.52. The van der Waals surface area contributed by atoms with Gasteiger partial charge in [-0.15, -0.1) is 0 Å². The topological polar surface area (TPSA) is 101 Å². The van der Waals surface area contributed by atoms with Crippen molar-refractivity contribution < 1.29 is 18.4 Å². The number of hydrogen-bond acceptors (Lipinski definition) is 5. The summed E-state index contributed by atoms with van der Waals surface area (Å²) >= 11 is 5.70. The number of nitro groups is 1. The van der Waals surface area contributed by atoms with Crippen molar-refractivity contribution >= 4 is 27.3 Å². The summed E-state index contributed by atoms with van der Waals surface area (Å²) in [4.78, 5) is 9.90. The first-order valence-corrected chi connectivity index (χ1v) is 8.17. The fourth-order valence-electron chi connectivity index (χ4n) is 2.52. The van der Waals surface area contributed by atoms with Crippen molar-refractivity contribution in [2.45, 2.75) is 24.3 Å². The third kappa shape index (κ3) is 2.89. The third-order valence-corrected chi connectivity index (χ3v) is 5.93. The summed E-state index contributed by atoms with van der Waals surface area (Å²) in [5, 5.41) is 20.5. The molecule has 0 saturated carbocycles. The van der Waals surface area contributed by atoms with Crippen LogP contribution in [0.25, 0.3) is 0 Å². The van der Waals surface area contributed by atoms with Crippen LogP contribution in [0, 0.1) is 16.0 Å². The molecular weight excluding hydrogens is 320 g/mol. The van der Waals surface area contributed by atoms with Crippen LogP contribution in [0.3, 0.4) is 0 Å². The molecule has 0 aliphatic carbocycles. The lowest BCUT2D eigenvalue weighted by Gasteiger charge is -2.24. The van der Waals surface area contributed by atoms with Gasteiger partial charge in [-0.2, -0.15) is 4.31 Å². The second-order valence-corrected chi connectivity index (χ2v) is 7.30. The molecule has 2 unspecified atom stereocenters. The van der Waals surface area contributed by atoms with E-state index in [-0.39, 0.29) is 24.1 Å². The van der Waals surface area contributed by atoms with E-state index in [0.29, 0.717) is 6.42 Å². The average molecular weight is 335 g/mol. The molecule has 0 aromatic heterocycles. The molecule has 1 saturated heterocycles. The SMILES string of the molecule is CC1CCN(S(=O)(=O)c2ccc(Cl)cc2[N+](=O)[O-])C1CO. The van der Waals surface area contributed by atoms with Crippen molar-refractivity contribution in [1.82, 2.24) is 4.31 Å². The number of aliphatic hydroxyl groups is 1. The highest BCUT2D eigenvalue weighted by Crippen LogP contribution is 2.34. The standard InChI is InChI=1S/C12H15ClN2O5S/c1-8-4-5-14(11(8)7-16)21(19,20)12-3-2-9(13)6-10(12)15(17)18/h2-3,6,8,11,16H,4-5,7H2,1H3. The first-order chi connectivity index (χ1) is 9.78. The van der Waals surface area contributed by atoms with Crippen LogP contribution in [0.2, 0.25) is 5.02 Å². The molecule has 7 nitrogen and oxygen atoms in total. The molecule has 1 aliphatic heterocycles. The Bertz CT molecular complexity index is 664. The van der Waals surface area contributed by atoms with Gasteiger partial charge in [-0.3, -0.25) is 10.1 Å². The summed E-state index contributed by atoms with van der Waals surface area (Å²) in [5.41, 5.74) is -0.557. The van der Waals surface area contributed by atoms with Crippen molar-refractivity contribution in [3.63, 3.8) is 0 Å². The van der Waals surface area contributed by atoms with Crippen LogP contribution < -0.4 is 0 Å². The van der Waals surface area contributed by atoms with Gasteiger partial charge in [-0.25, -0.2) is 8.42 Å². The lowest BCUT2D eigenvalue weighted by molar-refractivity contribution is -0.387. The summed E-state index contributed by atoms with van der Waals surface area (Å²) < 4.78 is 26.4. The molecule has 116 valence electrons. The lowest BCUT2D eigenvalue weighted by Crippen LogP contribution is -2.39. The van der Waals surface area contributed by atoms with Gasteiger partial charge in [0.1, 0.15) is 0 Å². The van der Waals surface area contributed by atoms with Crippen molar-refractivity contribution in [3.05, 3.63) is 33.3 Å². The summed E-state index contributed by atoms with van der Waals surface area (Å²) in [6.07, 6.45) is 0.603. The molecule has 0 radical (unpaired) electrons. The number of nitrogens with zero attached hydrogens (tertiary/aromatic N) is 2. The normalized spacial score (nSPS) is 23.4. The van der Waals surface area contributed by atoms with Crippen molar-refractivity contribution in [2.24, 2.45) is 5.92 Å². The smallest absolute Gasteiger partial charge is 0.290 e. The average Bonchev–Trinajstić information content (AvgIpc) is 2.80. The fourth-order valence-corrected chi connectivity index (χ4v) is 4.55. The van der Waals surface area contributed by atoms with E-state index < -0.39 is 31.6 Å². The van der Waals surface area contributed by atoms with Crippen LogP contribution >= 0.6 is 11.6 Å². The molecule has 1 heterocycles. The number of aliphatic hydroxyl groups excluding tert-OH is 1. The quantitative estimate of drug-likeness (QED) is 0.666. The van der Waals surface area contributed by atoms with Crippen LogP contribution in [0.4, 0.5) is 5.69 Å². The van der Waals surface area contributed by atoms with Crippen LogP contribution in [-0.2, 0) is 10.0 Å². The number of halogens is 1. The highest BCUT2D eigenvalue weighted by Gasteiger charge is 2.41. The first kappa shape index (κ1) is 16.2. The molecular formula is C12H15ClN2O5S. The summed E-state index contributed by atoms with van der Waals surface area (Å²) in [6, 6.07) is 2.88. The van der Waals surface area contributed by atoms with Crippen LogP contribution in [0.5, 0.6) is 0 Å². The van der Waals surface area contributed by atoms with E-state index >= 15 is 0 Å². The van der Waals surface area contributed by atoms with E-state index in [4.69, 9.17) is 11.6 Å². The Morgan fingerprint density at radius 2 is 2.19 bits per heavy atom. The predicted octanol–water partition coefficient (Wildman–Crippen LogP) is 1.64. The molecule has 0 bridgehead atoms. The molecule has 1 fully saturated rings. The van der Waals surface area contributed by atoms with E-state index in [2.05, 4.69) is 0 Å². The van der Waals surface area contributed by atoms with E-state index in [1.54, 1.807) is 0 Å². The number of sulfonamides is 1. The number of rotatable bonds is 4. The van der Waals surface area contributed by atoms with Gasteiger partial charge in [-0.1, -0.05) is 18.5 Å². The Morgan fingerprint density at radius 3 is 2.76 bits per heavy atom. The summed E-state index contributed by atoms with van der Waals surface area (Å²) in [7, 11) is -4.05. The molecule has 1 aliphatic rings. The van der Waals surface area contributed by atoms with E-state index in [0.717, 1.165) is 16.4 Å². The first-order valence-electron chi connectivity index (χ1n) is 6.35. The predicted molar refractivity (Wildman–Crippen MR) is 76.7 cm³/mol. The van der Waals surface area contributed by atoms with E-state index in [9.17, 15) is 23.6 Å². The van der Waals surface area contributed by atoms with Crippen molar-refractivity contribution in [3.8, 4) is 0 Å².